The van der Waals surface area contributed by atoms with Crippen molar-refractivity contribution in [1.82, 2.24) is 4.98 Å². The molecule has 0 unspecified atom stereocenters. The van der Waals surface area contributed by atoms with Gasteiger partial charge in [0.05, 0.1) is 12.0 Å². The molecule has 0 aromatic carbocycles. The summed E-state index contributed by atoms with van der Waals surface area (Å²) in [4.78, 5) is 11.9. The van der Waals surface area contributed by atoms with E-state index in [9.17, 15) is 36.5 Å². The van der Waals surface area contributed by atoms with Gasteiger partial charge in [0, 0.05) is 0 Å². The van der Waals surface area contributed by atoms with E-state index in [1.807, 2.05) is 0 Å². The van der Waals surface area contributed by atoms with Crippen molar-refractivity contribution in [3.8, 4) is 11.6 Å². The van der Waals surface area contributed by atoms with Crippen LogP contribution in [0.1, 0.15) is 5.56 Å². The Morgan fingerprint density at radius 1 is 1.25 bits per heavy atom. The van der Waals surface area contributed by atoms with Gasteiger partial charge in [0.25, 0.3) is 0 Å². The lowest BCUT2D eigenvalue weighted by molar-refractivity contribution is -0.386. The molecular formula is C8H4F6N2O4. The van der Waals surface area contributed by atoms with Crippen LogP contribution in [0.4, 0.5) is 32.0 Å². The maximum Gasteiger partial charge on any atom is 0.574 e. The van der Waals surface area contributed by atoms with Crippen LogP contribution in [0, 0.1) is 10.1 Å². The lowest BCUT2D eigenvalue weighted by Crippen LogP contribution is -2.22. The molecule has 0 atom stereocenters. The molecule has 0 aliphatic heterocycles. The van der Waals surface area contributed by atoms with E-state index in [2.05, 4.69) is 14.5 Å². The number of nitrogens with zero attached hydrogens (tertiary/aromatic N) is 2. The van der Waals surface area contributed by atoms with Crippen molar-refractivity contribution in [3.63, 3.8) is 0 Å². The fraction of sp³-hybridized carbons (Fsp3) is 0.375. The van der Waals surface area contributed by atoms with E-state index in [-0.39, 0.29) is 6.20 Å². The van der Waals surface area contributed by atoms with Crippen LogP contribution in [-0.2, 0) is 6.18 Å². The minimum atomic E-state index is -5.45. The number of rotatable bonds is 3. The fourth-order valence-corrected chi connectivity index (χ4v) is 1.24. The molecule has 0 aliphatic rings. The van der Waals surface area contributed by atoms with Crippen molar-refractivity contribution in [2.75, 3.05) is 7.11 Å². The molecule has 0 amide bonds. The van der Waals surface area contributed by atoms with Gasteiger partial charge in [-0.3, -0.25) is 10.1 Å². The third-order valence-electron chi connectivity index (χ3n) is 1.87. The number of hydrogen-bond acceptors (Lipinski definition) is 5. The van der Waals surface area contributed by atoms with Gasteiger partial charge in [-0.1, -0.05) is 0 Å². The number of nitro groups is 1. The molecule has 0 aliphatic carbocycles. The summed E-state index contributed by atoms with van der Waals surface area (Å²) in [5.74, 6) is -3.30. The summed E-state index contributed by atoms with van der Waals surface area (Å²) in [6.45, 7) is 0. The monoisotopic (exact) mass is 306 g/mol. The van der Waals surface area contributed by atoms with Gasteiger partial charge < -0.3 is 9.47 Å². The zero-order valence-electron chi connectivity index (χ0n) is 9.37. The topological polar surface area (TPSA) is 74.5 Å². The minimum Gasteiger partial charge on any atom is -0.490 e. The quantitative estimate of drug-likeness (QED) is 0.487. The Labute approximate surface area is 106 Å². The van der Waals surface area contributed by atoms with Crippen molar-refractivity contribution in [3.05, 3.63) is 21.9 Å². The standard InChI is InChI=1S/C8H4F6N2O4/c1-19-5-3(16(17)18)2-15-6(20-8(12,13)14)4(5)7(9,10)11/h2H,1H3. The van der Waals surface area contributed by atoms with Crippen LogP contribution in [0.15, 0.2) is 6.20 Å². The Hall–Kier alpha value is -2.27. The van der Waals surface area contributed by atoms with E-state index < -0.39 is 40.3 Å². The first-order valence-electron chi connectivity index (χ1n) is 4.51. The van der Waals surface area contributed by atoms with E-state index in [0.717, 1.165) is 0 Å². The molecule has 6 nitrogen and oxygen atoms in total. The Morgan fingerprint density at radius 3 is 2.15 bits per heavy atom. The van der Waals surface area contributed by atoms with Gasteiger partial charge in [0.2, 0.25) is 11.6 Å². The number of pyridine rings is 1. The Morgan fingerprint density at radius 2 is 1.80 bits per heavy atom. The van der Waals surface area contributed by atoms with Crippen LogP contribution in [0.2, 0.25) is 0 Å². The molecule has 0 spiro atoms. The summed E-state index contributed by atoms with van der Waals surface area (Å²) < 4.78 is 81.4. The lowest BCUT2D eigenvalue weighted by Gasteiger charge is -2.16. The summed E-state index contributed by atoms with van der Waals surface area (Å²) >= 11 is 0. The number of halogens is 6. The molecule has 0 N–H and O–H groups in total. The molecule has 0 radical (unpaired) electrons. The summed E-state index contributed by atoms with van der Waals surface area (Å²) in [5, 5.41) is 10.5. The SMILES string of the molecule is COc1c([N+](=O)[O-])cnc(OC(F)(F)F)c1C(F)(F)F. The van der Waals surface area contributed by atoms with Crippen molar-refractivity contribution < 1.29 is 40.7 Å². The highest BCUT2D eigenvalue weighted by atomic mass is 19.4. The Kier molecular flexibility index (Phi) is 3.96. The molecule has 0 saturated heterocycles. The number of aromatic nitrogens is 1. The number of alkyl halides is 6. The average Bonchev–Trinajstić information content (AvgIpc) is 2.23. The second kappa shape index (κ2) is 5.02. The summed E-state index contributed by atoms with van der Waals surface area (Å²) in [5.41, 5.74) is -3.36. The summed E-state index contributed by atoms with van der Waals surface area (Å²) in [6, 6.07) is 0. The molecule has 12 heteroatoms. The molecule has 0 bridgehead atoms. The minimum absolute atomic E-state index is 0.176. The van der Waals surface area contributed by atoms with Crippen LogP contribution < -0.4 is 9.47 Å². The summed E-state index contributed by atoms with van der Waals surface area (Å²) in [6.07, 6.45) is -10.7. The first kappa shape index (κ1) is 15.8. The molecule has 1 heterocycles. The van der Waals surface area contributed by atoms with Crippen LogP contribution in [0.5, 0.6) is 11.6 Å². The van der Waals surface area contributed by atoms with Crippen LogP contribution in [-0.4, -0.2) is 23.4 Å². The van der Waals surface area contributed by atoms with Crippen LogP contribution in [0.25, 0.3) is 0 Å². The van der Waals surface area contributed by atoms with E-state index in [1.54, 1.807) is 0 Å². The molecule has 0 fully saturated rings. The maximum atomic E-state index is 12.7. The zero-order valence-corrected chi connectivity index (χ0v) is 9.37. The predicted octanol–water partition coefficient (Wildman–Crippen LogP) is 2.92. The van der Waals surface area contributed by atoms with Crippen LogP contribution >= 0.6 is 0 Å². The van der Waals surface area contributed by atoms with Gasteiger partial charge in [-0.2, -0.15) is 13.2 Å². The fourth-order valence-electron chi connectivity index (χ4n) is 1.24. The van der Waals surface area contributed by atoms with Crippen molar-refractivity contribution >= 4 is 5.69 Å². The second-order valence-electron chi connectivity index (χ2n) is 3.16. The maximum absolute atomic E-state index is 12.7. The van der Waals surface area contributed by atoms with Gasteiger partial charge in [0.15, 0.2) is 5.56 Å². The van der Waals surface area contributed by atoms with Gasteiger partial charge in [-0.25, -0.2) is 4.98 Å². The van der Waals surface area contributed by atoms with Crippen molar-refractivity contribution in [2.24, 2.45) is 0 Å². The average molecular weight is 306 g/mol. The third-order valence-corrected chi connectivity index (χ3v) is 1.87. The third kappa shape index (κ3) is 3.39. The van der Waals surface area contributed by atoms with E-state index in [0.29, 0.717) is 7.11 Å². The van der Waals surface area contributed by atoms with Gasteiger partial charge in [-0.05, 0) is 0 Å². The predicted molar refractivity (Wildman–Crippen MR) is 49.1 cm³/mol. The highest BCUT2D eigenvalue weighted by Gasteiger charge is 2.45. The number of methoxy groups -OCH3 is 1. The number of ether oxygens (including phenoxy) is 2. The highest BCUT2D eigenvalue weighted by Crippen LogP contribution is 2.46. The molecule has 1 aromatic heterocycles. The normalized spacial score (nSPS) is 12.2. The van der Waals surface area contributed by atoms with Crippen LogP contribution in [0.3, 0.4) is 0 Å². The van der Waals surface area contributed by atoms with Crippen molar-refractivity contribution in [1.29, 1.82) is 0 Å². The molecule has 20 heavy (non-hydrogen) atoms. The van der Waals surface area contributed by atoms with Gasteiger partial charge in [0.1, 0.15) is 6.20 Å². The van der Waals surface area contributed by atoms with E-state index in [4.69, 9.17) is 0 Å². The Bertz CT molecular complexity index is 527. The molecule has 1 aromatic rings. The zero-order chi connectivity index (χ0) is 15.7. The summed E-state index contributed by atoms with van der Waals surface area (Å²) in [7, 11) is 0.634. The second-order valence-corrected chi connectivity index (χ2v) is 3.16. The first-order valence-corrected chi connectivity index (χ1v) is 4.51. The number of hydrogen-bond donors (Lipinski definition) is 0. The smallest absolute Gasteiger partial charge is 0.490 e. The molecule has 0 saturated carbocycles. The largest absolute Gasteiger partial charge is 0.574 e. The molecular weight excluding hydrogens is 302 g/mol. The first-order chi connectivity index (χ1) is 8.97. The van der Waals surface area contributed by atoms with Gasteiger partial charge >= 0.3 is 18.2 Å². The van der Waals surface area contributed by atoms with Gasteiger partial charge in [-0.15, -0.1) is 13.2 Å². The molecule has 1 rings (SSSR count). The van der Waals surface area contributed by atoms with Crippen molar-refractivity contribution in [2.45, 2.75) is 12.5 Å². The van der Waals surface area contributed by atoms with E-state index in [1.165, 1.54) is 0 Å². The highest BCUT2D eigenvalue weighted by molar-refractivity contribution is 5.55. The van der Waals surface area contributed by atoms with E-state index >= 15 is 0 Å². The Balaban J connectivity index is 3.59. The lowest BCUT2D eigenvalue weighted by atomic mass is 10.2. The molecule has 112 valence electrons.